The van der Waals surface area contributed by atoms with Gasteiger partial charge in [-0.15, -0.1) is 0 Å². The maximum absolute atomic E-state index is 6.04. The minimum atomic E-state index is -0.227. The Labute approximate surface area is 129 Å². The third-order valence-corrected chi connectivity index (χ3v) is 4.09. The van der Waals surface area contributed by atoms with Crippen LogP contribution in [0, 0.1) is 0 Å². The standard InChI is InChI=1S/C16H19ClN2O2/c1-16(2,9-11-4-3-5-13(17)8-11)15-18-14(19-21-15)12-6-7-20-10-12/h3-5,8,12H,6-7,9-10H2,1-2H3. The molecule has 1 fully saturated rings. The molecule has 2 heterocycles. The highest BCUT2D eigenvalue weighted by Gasteiger charge is 2.30. The van der Waals surface area contributed by atoms with Gasteiger partial charge in [0, 0.05) is 23.0 Å². The highest BCUT2D eigenvalue weighted by atomic mass is 35.5. The number of aromatic nitrogens is 2. The summed E-state index contributed by atoms with van der Waals surface area (Å²) in [7, 11) is 0. The summed E-state index contributed by atoms with van der Waals surface area (Å²) in [5, 5.41) is 4.88. The fourth-order valence-corrected chi connectivity index (χ4v) is 2.86. The van der Waals surface area contributed by atoms with Crippen LogP contribution in [0.3, 0.4) is 0 Å². The van der Waals surface area contributed by atoms with Gasteiger partial charge in [-0.1, -0.05) is 42.7 Å². The maximum Gasteiger partial charge on any atom is 0.232 e. The highest BCUT2D eigenvalue weighted by Crippen LogP contribution is 2.30. The monoisotopic (exact) mass is 306 g/mol. The lowest BCUT2D eigenvalue weighted by Gasteiger charge is -2.19. The molecule has 1 atom stereocenters. The molecule has 1 aromatic carbocycles. The van der Waals surface area contributed by atoms with E-state index in [4.69, 9.17) is 20.9 Å². The third-order valence-electron chi connectivity index (χ3n) is 3.85. The molecule has 0 spiro atoms. The van der Waals surface area contributed by atoms with Crippen molar-refractivity contribution in [3.05, 3.63) is 46.6 Å². The minimum absolute atomic E-state index is 0.227. The van der Waals surface area contributed by atoms with E-state index in [1.807, 2.05) is 18.2 Å². The summed E-state index contributed by atoms with van der Waals surface area (Å²) < 4.78 is 10.9. The second-order valence-corrected chi connectivity index (χ2v) is 6.65. The predicted octanol–water partition coefficient (Wildman–Crippen LogP) is 3.75. The molecule has 2 aromatic rings. The maximum atomic E-state index is 6.04. The van der Waals surface area contributed by atoms with Crippen molar-refractivity contribution in [1.29, 1.82) is 0 Å². The smallest absolute Gasteiger partial charge is 0.232 e. The summed E-state index contributed by atoms with van der Waals surface area (Å²) in [6.07, 6.45) is 1.77. The van der Waals surface area contributed by atoms with Crippen molar-refractivity contribution < 1.29 is 9.26 Å². The Morgan fingerprint density at radius 2 is 2.24 bits per heavy atom. The molecule has 1 aliphatic rings. The van der Waals surface area contributed by atoms with Gasteiger partial charge in [0.05, 0.1) is 6.61 Å². The first kappa shape index (κ1) is 14.5. The Bertz CT molecular complexity index is 618. The van der Waals surface area contributed by atoms with Gasteiger partial charge in [-0.3, -0.25) is 0 Å². The number of hydrogen-bond acceptors (Lipinski definition) is 4. The van der Waals surface area contributed by atoms with Crippen LogP contribution in [0.2, 0.25) is 5.02 Å². The topological polar surface area (TPSA) is 48.2 Å². The van der Waals surface area contributed by atoms with Gasteiger partial charge in [-0.05, 0) is 30.5 Å². The normalized spacial score (nSPS) is 19.1. The Morgan fingerprint density at radius 1 is 1.38 bits per heavy atom. The molecule has 0 amide bonds. The highest BCUT2D eigenvalue weighted by molar-refractivity contribution is 6.30. The van der Waals surface area contributed by atoms with Crippen molar-refractivity contribution in [2.24, 2.45) is 0 Å². The van der Waals surface area contributed by atoms with Gasteiger partial charge in [-0.25, -0.2) is 0 Å². The van der Waals surface area contributed by atoms with Gasteiger partial charge >= 0.3 is 0 Å². The summed E-state index contributed by atoms with van der Waals surface area (Å²) in [6, 6.07) is 7.88. The number of rotatable bonds is 4. The van der Waals surface area contributed by atoms with Crippen molar-refractivity contribution in [3.63, 3.8) is 0 Å². The van der Waals surface area contributed by atoms with Crippen molar-refractivity contribution in [1.82, 2.24) is 10.1 Å². The number of halogens is 1. The van der Waals surface area contributed by atoms with E-state index in [2.05, 4.69) is 30.1 Å². The number of ether oxygens (including phenoxy) is 1. The average molecular weight is 307 g/mol. The molecular formula is C16H19ClN2O2. The molecule has 1 unspecified atom stereocenters. The zero-order chi connectivity index (χ0) is 14.9. The lowest BCUT2D eigenvalue weighted by molar-refractivity contribution is 0.192. The molecule has 0 bridgehead atoms. The van der Waals surface area contributed by atoms with E-state index in [1.54, 1.807) is 0 Å². The van der Waals surface area contributed by atoms with E-state index in [9.17, 15) is 0 Å². The lowest BCUT2D eigenvalue weighted by Crippen LogP contribution is -2.21. The van der Waals surface area contributed by atoms with Crippen LogP contribution in [0.4, 0.5) is 0 Å². The van der Waals surface area contributed by atoms with Crippen molar-refractivity contribution in [2.45, 2.75) is 38.0 Å². The van der Waals surface area contributed by atoms with E-state index in [0.717, 1.165) is 35.9 Å². The van der Waals surface area contributed by atoms with Gasteiger partial charge in [0.1, 0.15) is 0 Å². The van der Waals surface area contributed by atoms with E-state index in [1.165, 1.54) is 0 Å². The van der Waals surface area contributed by atoms with Crippen molar-refractivity contribution in [2.75, 3.05) is 13.2 Å². The number of nitrogens with zero attached hydrogens (tertiary/aromatic N) is 2. The SMILES string of the molecule is CC(C)(Cc1cccc(Cl)c1)c1nc(C2CCOC2)no1. The zero-order valence-corrected chi connectivity index (χ0v) is 13.1. The van der Waals surface area contributed by atoms with Gasteiger partial charge in [-0.2, -0.15) is 4.98 Å². The van der Waals surface area contributed by atoms with E-state index >= 15 is 0 Å². The van der Waals surface area contributed by atoms with Crippen LogP contribution in [0.15, 0.2) is 28.8 Å². The van der Waals surface area contributed by atoms with Gasteiger partial charge in [0.25, 0.3) is 0 Å². The average Bonchev–Trinajstić information content (AvgIpc) is 3.10. The molecule has 0 saturated carbocycles. The molecule has 3 rings (SSSR count). The van der Waals surface area contributed by atoms with Gasteiger partial charge < -0.3 is 9.26 Å². The molecule has 1 saturated heterocycles. The van der Waals surface area contributed by atoms with Crippen LogP contribution in [0.1, 0.15) is 43.5 Å². The van der Waals surface area contributed by atoms with Crippen LogP contribution in [-0.2, 0) is 16.6 Å². The van der Waals surface area contributed by atoms with Crippen LogP contribution in [0.5, 0.6) is 0 Å². The van der Waals surface area contributed by atoms with E-state index < -0.39 is 0 Å². The third kappa shape index (κ3) is 3.27. The predicted molar refractivity (Wildman–Crippen MR) is 80.7 cm³/mol. The van der Waals surface area contributed by atoms with Crippen LogP contribution in [0.25, 0.3) is 0 Å². The molecule has 5 heteroatoms. The molecule has 4 nitrogen and oxygen atoms in total. The molecule has 0 aliphatic carbocycles. The summed E-state index contributed by atoms with van der Waals surface area (Å²) >= 11 is 6.04. The first-order valence-electron chi connectivity index (χ1n) is 7.21. The largest absolute Gasteiger partial charge is 0.381 e. The van der Waals surface area contributed by atoms with Crippen molar-refractivity contribution >= 4 is 11.6 Å². The zero-order valence-electron chi connectivity index (χ0n) is 12.3. The lowest BCUT2D eigenvalue weighted by atomic mass is 9.85. The first-order valence-corrected chi connectivity index (χ1v) is 7.59. The second-order valence-electron chi connectivity index (χ2n) is 6.21. The molecule has 1 aliphatic heterocycles. The van der Waals surface area contributed by atoms with Crippen LogP contribution in [-0.4, -0.2) is 23.4 Å². The van der Waals surface area contributed by atoms with E-state index in [-0.39, 0.29) is 11.3 Å². The Morgan fingerprint density at radius 3 is 2.95 bits per heavy atom. The molecule has 112 valence electrons. The molecule has 1 aromatic heterocycles. The van der Waals surface area contributed by atoms with Gasteiger partial charge in [0.2, 0.25) is 5.89 Å². The Hall–Kier alpha value is -1.39. The van der Waals surface area contributed by atoms with E-state index in [0.29, 0.717) is 12.5 Å². The number of benzene rings is 1. The second kappa shape index (κ2) is 5.78. The summed E-state index contributed by atoms with van der Waals surface area (Å²) in [5.41, 5.74) is 0.937. The fourth-order valence-electron chi connectivity index (χ4n) is 2.65. The summed E-state index contributed by atoms with van der Waals surface area (Å²) in [5.74, 6) is 1.70. The fraction of sp³-hybridized carbons (Fsp3) is 0.500. The summed E-state index contributed by atoms with van der Waals surface area (Å²) in [6.45, 7) is 5.68. The minimum Gasteiger partial charge on any atom is -0.381 e. The first-order chi connectivity index (χ1) is 10.0. The molecule has 21 heavy (non-hydrogen) atoms. The Kier molecular flexibility index (Phi) is 4.00. The number of hydrogen-bond donors (Lipinski definition) is 0. The van der Waals surface area contributed by atoms with Gasteiger partial charge in [0.15, 0.2) is 5.82 Å². The molecular weight excluding hydrogens is 288 g/mol. The summed E-state index contributed by atoms with van der Waals surface area (Å²) in [4.78, 5) is 4.59. The van der Waals surface area contributed by atoms with Crippen LogP contribution >= 0.6 is 11.6 Å². The molecule has 0 N–H and O–H groups in total. The van der Waals surface area contributed by atoms with Crippen LogP contribution < -0.4 is 0 Å². The Balaban J connectivity index is 1.77. The van der Waals surface area contributed by atoms with Crippen molar-refractivity contribution in [3.8, 4) is 0 Å². The molecule has 0 radical (unpaired) electrons. The quantitative estimate of drug-likeness (QED) is 0.863.